The Kier molecular flexibility index (Phi) is 3.26. The maximum Gasteiger partial charge on any atom is 0.127 e. The predicted molar refractivity (Wildman–Crippen MR) is 91.1 cm³/mol. The van der Waals surface area contributed by atoms with Crippen molar-refractivity contribution in [1.82, 2.24) is 4.90 Å². The third-order valence-corrected chi connectivity index (χ3v) is 5.57. The van der Waals surface area contributed by atoms with E-state index in [1.54, 1.807) is 0 Å². The first-order valence-electron chi connectivity index (χ1n) is 8.25. The van der Waals surface area contributed by atoms with Crippen LogP contribution in [-0.2, 0) is 0 Å². The van der Waals surface area contributed by atoms with Gasteiger partial charge in [-0.1, -0.05) is 24.3 Å². The molecule has 0 saturated heterocycles. The molecule has 2 aromatic rings. The summed E-state index contributed by atoms with van der Waals surface area (Å²) in [6.45, 7) is 0. The minimum Gasteiger partial charge on any atom is -0.488 e. The second-order valence-corrected chi connectivity index (χ2v) is 7.07. The van der Waals surface area contributed by atoms with Gasteiger partial charge in [0.1, 0.15) is 11.9 Å². The van der Waals surface area contributed by atoms with E-state index in [0.29, 0.717) is 18.1 Å². The Labute approximate surface area is 132 Å². The molecule has 0 aromatic heterocycles. The summed E-state index contributed by atoms with van der Waals surface area (Å²) in [5.74, 6) is 2.48. The molecule has 3 nitrogen and oxygen atoms in total. The summed E-state index contributed by atoms with van der Waals surface area (Å²) in [5, 5.41) is 2.22. The highest BCUT2D eigenvalue weighted by molar-refractivity contribution is 5.96. The fourth-order valence-electron chi connectivity index (χ4n) is 4.64. The first-order valence-corrected chi connectivity index (χ1v) is 8.25. The largest absolute Gasteiger partial charge is 0.488 e. The van der Waals surface area contributed by atoms with Gasteiger partial charge in [-0.3, -0.25) is 0 Å². The first-order chi connectivity index (χ1) is 10.6. The summed E-state index contributed by atoms with van der Waals surface area (Å²) in [6, 6.07) is 12.8. The van der Waals surface area contributed by atoms with Crippen molar-refractivity contribution in [3.8, 4) is 5.75 Å². The van der Waals surface area contributed by atoms with Gasteiger partial charge in [0.05, 0.1) is 0 Å². The molecular formula is C19H24N2O. The lowest BCUT2D eigenvalue weighted by Gasteiger charge is -2.36. The molecule has 0 radical (unpaired) electrons. The molecule has 2 aliphatic rings. The molecule has 2 N–H and O–H groups in total. The molecule has 0 heterocycles. The Balaban J connectivity index is 1.70. The van der Waals surface area contributed by atoms with Crippen LogP contribution in [0.5, 0.6) is 5.75 Å². The Bertz CT molecular complexity index is 697. The number of benzene rings is 2. The van der Waals surface area contributed by atoms with Gasteiger partial charge in [-0.05, 0) is 57.3 Å². The molecule has 0 aliphatic heterocycles. The minimum absolute atomic E-state index is 0.306. The molecule has 2 aliphatic carbocycles. The summed E-state index contributed by atoms with van der Waals surface area (Å²) in [7, 11) is 4.37. The van der Waals surface area contributed by atoms with Gasteiger partial charge in [-0.2, -0.15) is 0 Å². The number of nitrogen functional groups attached to an aromatic ring is 1. The van der Waals surface area contributed by atoms with Gasteiger partial charge in [0.15, 0.2) is 0 Å². The van der Waals surface area contributed by atoms with Crippen molar-refractivity contribution in [2.75, 3.05) is 19.8 Å². The third-order valence-electron chi connectivity index (χ3n) is 5.57. The lowest BCUT2D eigenvalue weighted by atomic mass is 9.91. The Morgan fingerprint density at radius 1 is 1.00 bits per heavy atom. The predicted octanol–water partition coefficient (Wildman–Crippen LogP) is 3.53. The van der Waals surface area contributed by atoms with Crippen molar-refractivity contribution in [3.63, 3.8) is 0 Å². The minimum atomic E-state index is 0.306. The van der Waals surface area contributed by atoms with Crippen molar-refractivity contribution in [1.29, 1.82) is 0 Å². The quantitative estimate of drug-likeness (QED) is 0.881. The molecule has 3 heteroatoms. The van der Waals surface area contributed by atoms with Gasteiger partial charge < -0.3 is 15.4 Å². The van der Waals surface area contributed by atoms with E-state index in [1.807, 2.05) is 18.2 Å². The van der Waals surface area contributed by atoms with Crippen LogP contribution in [-0.4, -0.2) is 31.1 Å². The molecule has 4 unspecified atom stereocenters. The van der Waals surface area contributed by atoms with Gasteiger partial charge in [0, 0.05) is 22.5 Å². The van der Waals surface area contributed by atoms with Crippen LogP contribution in [0.15, 0.2) is 36.4 Å². The van der Waals surface area contributed by atoms with E-state index in [0.717, 1.165) is 28.1 Å². The topological polar surface area (TPSA) is 38.5 Å². The zero-order chi connectivity index (χ0) is 15.3. The maximum atomic E-state index is 6.55. The highest BCUT2D eigenvalue weighted by Crippen LogP contribution is 2.48. The number of fused-ring (bicyclic) bond motifs is 3. The number of likely N-dealkylation sites (N-methyl/N-ethyl adjacent to an activating group) is 1. The third kappa shape index (κ3) is 2.07. The van der Waals surface area contributed by atoms with Gasteiger partial charge >= 0.3 is 0 Å². The SMILES string of the molecule is CN(C)C1C2CCC(C2)C1Oc1cccc2c(N)cccc12. The summed E-state index contributed by atoms with van der Waals surface area (Å²) in [6.07, 6.45) is 4.30. The number of nitrogens with two attached hydrogens (primary N) is 1. The molecule has 2 aromatic carbocycles. The van der Waals surface area contributed by atoms with Gasteiger partial charge in [0.2, 0.25) is 0 Å². The Morgan fingerprint density at radius 2 is 1.73 bits per heavy atom. The van der Waals surface area contributed by atoms with Crippen LogP contribution in [0.3, 0.4) is 0 Å². The van der Waals surface area contributed by atoms with E-state index in [-0.39, 0.29) is 0 Å². The number of anilines is 1. The second-order valence-electron chi connectivity index (χ2n) is 7.07. The zero-order valence-electron chi connectivity index (χ0n) is 13.3. The average Bonchev–Trinajstić information content (AvgIpc) is 3.09. The first kappa shape index (κ1) is 13.9. The molecule has 2 saturated carbocycles. The molecule has 2 fully saturated rings. The Hall–Kier alpha value is -1.74. The van der Waals surface area contributed by atoms with Crippen molar-refractivity contribution < 1.29 is 4.74 Å². The highest BCUT2D eigenvalue weighted by atomic mass is 16.5. The monoisotopic (exact) mass is 296 g/mol. The standard InChI is InChI=1S/C19H24N2O/c1-21(2)18-12-9-10-13(11-12)19(18)22-17-8-4-5-14-15(17)6-3-7-16(14)20/h3-8,12-13,18-19H,9-11,20H2,1-2H3. The molecular weight excluding hydrogens is 272 g/mol. The fourth-order valence-corrected chi connectivity index (χ4v) is 4.64. The molecule has 4 rings (SSSR count). The van der Waals surface area contributed by atoms with Gasteiger partial charge in [-0.15, -0.1) is 0 Å². The highest BCUT2D eigenvalue weighted by Gasteiger charge is 2.50. The molecule has 4 atom stereocenters. The van der Waals surface area contributed by atoms with E-state index in [9.17, 15) is 0 Å². The van der Waals surface area contributed by atoms with Crippen molar-refractivity contribution in [2.45, 2.75) is 31.4 Å². The molecule has 22 heavy (non-hydrogen) atoms. The van der Waals surface area contributed by atoms with Crippen molar-refractivity contribution in [2.24, 2.45) is 11.8 Å². The summed E-state index contributed by atoms with van der Waals surface area (Å²) in [5.41, 5.74) is 6.93. The summed E-state index contributed by atoms with van der Waals surface area (Å²) in [4.78, 5) is 2.36. The smallest absolute Gasteiger partial charge is 0.127 e. The van der Waals surface area contributed by atoms with E-state index in [2.05, 4.69) is 37.2 Å². The van der Waals surface area contributed by atoms with Crippen LogP contribution < -0.4 is 10.5 Å². The maximum absolute atomic E-state index is 6.55. The van der Waals surface area contributed by atoms with Crippen LogP contribution in [0.4, 0.5) is 5.69 Å². The van der Waals surface area contributed by atoms with Crippen LogP contribution in [0.2, 0.25) is 0 Å². The van der Waals surface area contributed by atoms with Crippen LogP contribution in [0.1, 0.15) is 19.3 Å². The van der Waals surface area contributed by atoms with Crippen LogP contribution >= 0.6 is 0 Å². The summed E-state index contributed by atoms with van der Waals surface area (Å²) >= 11 is 0. The van der Waals surface area contributed by atoms with Crippen molar-refractivity contribution >= 4 is 16.5 Å². The number of hydrogen-bond donors (Lipinski definition) is 1. The van der Waals surface area contributed by atoms with E-state index >= 15 is 0 Å². The number of nitrogens with zero attached hydrogens (tertiary/aromatic N) is 1. The van der Waals surface area contributed by atoms with E-state index < -0.39 is 0 Å². The normalized spacial score (nSPS) is 30.3. The number of rotatable bonds is 3. The number of ether oxygens (including phenoxy) is 1. The van der Waals surface area contributed by atoms with Crippen molar-refractivity contribution in [3.05, 3.63) is 36.4 Å². The summed E-state index contributed by atoms with van der Waals surface area (Å²) < 4.78 is 6.55. The molecule has 116 valence electrons. The van der Waals surface area contributed by atoms with Gasteiger partial charge in [0.25, 0.3) is 0 Å². The van der Waals surface area contributed by atoms with E-state index in [1.165, 1.54) is 19.3 Å². The lowest BCUT2D eigenvalue weighted by molar-refractivity contribution is 0.0549. The molecule has 0 spiro atoms. The molecule has 2 bridgehead atoms. The van der Waals surface area contributed by atoms with E-state index in [4.69, 9.17) is 10.5 Å². The van der Waals surface area contributed by atoms with Crippen LogP contribution in [0, 0.1) is 11.8 Å². The number of hydrogen-bond acceptors (Lipinski definition) is 3. The molecule has 0 amide bonds. The van der Waals surface area contributed by atoms with Gasteiger partial charge in [-0.25, -0.2) is 0 Å². The van der Waals surface area contributed by atoms with Crippen LogP contribution in [0.25, 0.3) is 10.8 Å². The fraction of sp³-hybridized carbons (Fsp3) is 0.474. The Morgan fingerprint density at radius 3 is 2.55 bits per heavy atom. The average molecular weight is 296 g/mol. The zero-order valence-corrected chi connectivity index (χ0v) is 13.3. The second kappa shape index (κ2) is 5.17. The lowest BCUT2D eigenvalue weighted by Crippen LogP contribution is -2.46.